The van der Waals surface area contributed by atoms with Crippen LogP contribution in [-0.4, -0.2) is 6.10 Å². The molecule has 0 saturated heterocycles. The minimum atomic E-state index is 0.375. The lowest BCUT2D eigenvalue weighted by Crippen LogP contribution is -2.28. The van der Waals surface area contributed by atoms with Crippen LogP contribution in [0.3, 0.4) is 0 Å². The minimum Gasteiger partial charge on any atom is -0.490 e. The molecular weight excluding hydrogens is 220 g/mol. The van der Waals surface area contributed by atoms with Gasteiger partial charge in [0.15, 0.2) is 0 Å². The molecule has 0 aromatic heterocycles. The van der Waals surface area contributed by atoms with Crippen molar-refractivity contribution in [1.29, 1.82) is 0 Å². The van der Waals surface area contributed by atoms with Crippen LogP contribution in [0.1, 0.15) is 33.1 Å². The zero-order valence-corrected chi connectivity index (χ0v) is 10.7. The average Bonchev–Trinajstić information content (AvgIpc) is 2.20. The van der Waals surface area contributed by atoms with E-state index >= 15 is 0 Å². The molecule has 1 aliphatic carbocycles. The van der Waals surface area contributed by atoms with Crippen LogP contribution in [0.15, 0.2) is 24.3 Å². The summed E-state index contributed by atoms with van der Waals surface area (Å²) >= 11 is 5.85. The van der Waals surface area contributed by atoms with E-state index in [1.165, 1.54) is 19.3 Å². The number of halogens is 1. The molecule has 0 radical (unpaired) electrons. The van der Waals surface area contributed by atoms with Gasteiger partial charge in [0.25, 0.3) is 0 Å². The fraction of sp³-hybridized carbons (Fsp3) is 0.571. The molecule has 1 fully saturated rings. The fourth-order valence-electron chi connectivity index (χ4n) is 2.67. The van der Waals surface area contributed by atoms with E-state index in [0.29, 0.717) is 6.10 Å². The smallest absolute Gasteiger partial charge is 0.119 e. The normalized spacial score (nSPS) is 30.1. The Morgan fingerprint density at radius 2 is 1.56 bits per heavy atom. The van der Waals surface area contributed by atoms with Gasteiger partial charge in [-0.25, -0.2) is 0 Å². The number of benzene rings is 1. The first-order valence-corrected chi connectivity index (χ1v) is 6.43. The summed E-state index contributed by atoms with van der Waals surface area (Å²) < 4.78 is 5.99. The van der Waals surface area contributed by atoms with E-state index < -0.39 is 0 Å². The van der Waals surface area contributed by atoms with E-state index in [1.54, 1.807) is 0 Å². The van der Waals surface area contributed by atoms with Gasteiger partial charge in [0.2, 0.25) is 0 Å². The van der Waals surface area contributed by atoms with Crippen LogP contribution in [0.2, 0.25) is 5.02 Å². The van der Waals surface area contributed by atoms with E-state index in [4.69, 9.17) is 16.3 Å². The van der Waals surface area contributed by atoms with Crippen LogP contribution < -0.4 is 4.74 Å². The van der Waals surface area contributed by atoms with Crippen LogP contribution in [0.5, 0.6) is 5.75 Å². The summed E-state index contributed by atoms with van der Waals surface area (Å²) in [4.78, 5) is 0. The molecule has 0 bridgehead atoms. The number of hydrogen-bond donors (Lipinski definition) is 0. The Morgan fingerprint density at radius 3 is 2.12 bits per heavy atom. The first-order valence-electron chi connectivity index (χ1n) is 6.05. The predicted octanol–water partition coefficient (Wildman–Crippen LogP) is 4.54. The van der Waals surface area contributed by atoms with Crippen molar-refractivity contribution in [3.63, 3.8) is 0 Å². The first kappa shape index (κ1) is 11.8. The highest BCUT2D eigenvalue weighted by atomic mass is 35.5. The Morgan fingerprint density at radius 1 is 1.00 bits per heavy atom. The van der Waals surface area contributed by atoms with Crippen molar-refractivity contribution in [2.75, 3.05) is 0 Å². The van der Waals surface area contributed by atoms with Crippen molar-refractivity contribution in [1.82, 2.24) is 0 Å². The zero-order chi connectivity index (χ0) is 11.5. The maximum absolute atomic E-state index is 5.99. The van der Waals surface area contributed by atoms with Crippen LogP contribution in [-0.2, 0) is 0 Å². The maximum atomic E-state index is 5.99. The molecule has 88 valence electrons. The van der Waals surface area contributed by atoms with Crippen molar-refractivity contribution in [2.45, 2.75) is 39.2 Å². The van der Waals surface area contributed by atoms with Crippen LogP contribution in [0.4, 0.5) is 0 Å². The first-order chi connectivity index (χ1) is 7.63. The summed E-state index contributed by atoms with van der Waals surface area (Å²) in [6, 6.07) is 7.66. The van der Waals surface area contributed by atoms with Crippen molar-refractivity contribution in [3.05, 3.63) is 29.3 Å². The van der Waals surface area contributed by atoms with E-state index in [-0.39, 0.29) is 0 Å². The topological polar surface area (TPSA) is 9.23 Å². The molecule has 0 spiro atoms. The molecule has 0 heterocycles. The molecule has 0 N–H and O–H groups in total. The molecule has 1 aromatic carbocycles. The lowest BCUT2D eigenvalue weighted by atomic mass is 9.82. The van der Waals surface area contributed by atoms with E-state index in [1.807, 2.05) is 24.3 Å². The number of rotatable bonds is 2. The minimum absolute atomic E-state index is 0.375. The monoisotopic (exact) mass is 238 g/mol. The molecule has 1 aliphatic rings. The van der Waals surface area contributed by atoms with Crippen molar-refractivity contribution in [3.8, 4) is 5.75 Å². The van der Waals surface area contributed by atoms with Gasteiger partial charge in [0.1, 0.15) is 5.75 Å². The highest BCUT2D eigenvalue weighted by molar-refractivity contribution is 6.30. The average molecular weight is 239 g/mol. The van der Waals surface area contributed by atoms with E-state index in [0.717, 1.165) is 22.6 Å². The molecule has 16 heavy (non-hydrogen) atoms. The summed E-state index contributed by atoms with van der Waals surface area (Å²) in [5.74, 6) is 2.50. The molecule has 0 aliphatic heterocycles. The van der Waals surface area contributed by atoms with E-state index in [2.05, 4.69) is 13.8 Å². The zero-order valence-electron chi connectivity index (χ0n) is 9.95. The summed E-state index contributed by atoms with van der Waals surface area (Å²) in [5.41, 5.74) is 0. The molecule has 2 heteroatoms. The van der Waals surface area contributed by atoms with Gasteiger partial charge >= 0.3 is 0 Å². The van der Waals surface area contributed by atoms with Gasteiger partial charge in [-0.15, -0.1) is 0 Å². The maximum Gasteiger partial charge on any atom is 0.119 e. The molecule has 1 nitrogen and oxygen atoms in total. The predicted molar refractivity (Wildman–Crippen MR) is 68.0 cm³/mol. The largest absolute Gasteiger partial charge is 0.490 e. The Kier molecular flexibility index (Phi) is 3.75. The quantitative estimate of drug-likeness (QED) is 0.735. The summed E-state index contributed by atoms with van der Waals surface area (Å²) in [6.07, 6.45) is 4.06. The lowest BCUT2D eigenvalue weighted by molar-refractivity contribution is 0.101. The summed E-state index contributed by atoms with van der Waals surface area (Å²) in [7, 11) is 0. The Balaban J connectivity index is 1.96. The SMILES string of the molecule is CC1CC(C)CC(Oc2ccc(Cl)cc2)C1. The van der Waals surface area contributed by atoms with Crippen molar-refractivity contribution < 1.29 is 4.74 Å². The van der Waals surface area contributed by atoms with Gasteiger partial charge in [-0.2, -0.15) is 0 Å². The lowest BCUT2D eigenvalue weighted by Gasteiger charge is -2.31. The van der Waals surface area contributed by atoms with Crippen molar-refractivity contribution in [2.24, 2.45) is 11.8 Å². The van der Waals surface area contributed by atoms with Gasteiger partial charge < -0.3 is 4.74 Å². The third kappa shape index (κ3) is 3.15. The van der Waals surface area contributed by atoms with Gasteiger partial charge in [0, 0.05) is 5.02 Å². The molecule has 2 unspecified atom stereocenters. The van der Waals surface area contributed by atoms with Crippen LogP contribution in [0.25, 0.3) is 0 Å². The fourth-order valence-corrected chi connectivity index (χ4v) is 2.80. The molecular formula is C14H19ClO. The molecule has 1 saturated carbocycles. The number of ether oxygens (including phenoxy) is 1. The van der Waals surface area contributed by atoms with Gasteiger partial charge in [-0.1, -0.05) is 25.4 Å². The Bertz CT molecular complexity index is 323. The standard InChI is InChI=1S/C14H19ClO/c1-10-7-11(2)9-14(8-10)16-13-5-3-12(15)4-6-13/h3-6,10-11,14H,7-9H2,1-2H3. The second-order valence-electron chi connectivity index (χ2n) is 5.11. The van der Waals surface area contributed by atoms with Gasteiger partial charge in [0.05, 0.1) is 6.10 Å². The van der Waals surface area contributed by atoms with Crippen molar-refractivity contribution >= 4 is 11.6 Å². The van der Waals surface area contributed by atoms with Crippen LogP contribution >= 0.6 is 11.6 Å². The molecule has 2 rings (SSSR count). The molecule has 2 atom stereocenters. The molecule has 1 aromatic rings. The van der Waals surface area contributed by atoms with E-state index in [9.17, 15) is 0 Å². The summed E-state index contributed by atoms with van der Waals surface area (Å²) in [6.45, 7) is 4.63. The molecule has 0 amide bonds. The Hall–Kier alpha value is -0.690. The van der Waals surface area contributed by atoms with Gasteiger partial charge in [-0.05, 0) is 55.4 Å². The third-order valence-corrected chi connectivity index (χ3v) is 3.50. The number of hydrogen-bond acceptors (Lipinski definition) is 1. The highest BCUT2D eigenvalue weighted by Gasteiger charge is 2.25. The van der Waals surface area contributed by atoms with Crippen LogP contribution in [0, 0.1) is 11.8 Å². The van der Waals surface area contributed by atoms with Gasteiger partial charge in [-0.3, -0.25) is 0 Å². The second-order valence-corrected chi connectivity index (χ2v) is 5.55. The summed E-state index contributed by atoms with van der Waals surface area (Å²) in [5, 5.41) is 0.762. The third-order valence-electron chi connectivity index (χ3n) is 3.25. The second kappa shape index (κ2) is 5.09. The Labute approximate surface area is 103 Å². The highest BCUT2D eigenvalue weighted by Crippen LogP contribution is 2.31.